The highest BCUT2D eigenvalue weighted by atomic mass is 16.7. The standard InChI is InChI=1S/C37H42O7/c1-21-12-27-29-17-32-37(31(42)20-39,36(29,3)18-30(41)33(27)35(2)11-10-26(40)16-28(21)35)44-34(43-32)25-9-5-7-23(15-25)13-22-6-4-8-24(14-22)19-38/h4-11,14-16,21,27,29-30,32-34,38-39,41H,12-13,17-20H2,1-3H3/t21-,27-,29-,30-,32+,33+,34+,35-,36-,37+/m0/s1. The Labute approximate surface area is 258 Å². The van der Waals surface area contributed by atoms with Crippen LogP contribution < -0.4 is 0 Å². The second-order valence-corrected chi connectivity index (χ2v) is 14.3. The molecule has 1 saturated heterocycles. The number of hydrogen-bond acceptors (Lipinski definition) is 7. The molecular formula is C37H42O7. The highest BCUT2D eigenvalue weighted by Gasteiger charge is 2.76. The Balaban J connectivity index is 1.21. The predicted molar refractivity (Wildman–Crippen MR) is 163 cm³/mol. The largest absolute Gasteiger partial charge is 0.393 e. The summed E-state index contributed by atoms with van der Waals surface area (Å²) < 4.78 is 13.4. The van der Waals surface area contributed by atoms with E-state index in [0.717, 1.165) is 34.2 Å². The molecule has 3 N–H and O–H groups in total. The highest BCUT2D eigenvalue weighted by molar-refractivity contribution is 6.01. The molecule has 0 unspecified atom stereocenters. The lowest BCUT2D eigenvalue weighted by atomic mass is 9.44. The summed E-state index contributed by atoms with van der Waals surface area (Å²) in [5.74, 6) is -0.201. The number of carbonyl (C=O) groups excluding carboxylic acids is 2. The van der Waals surface area contributed by atoms with Gasteiger partial charge in [-0.25, -0.2) is 0 Å². The fourth-order valence-electron chi connectivity index (χ4n) is 10.2. The summed E-state index contributed by atoms with van der Waals surface area (Å²) >= 11 is 0. The lowest BCUT2D eigenvalue weighted by molar-refractivity contribution is -0.202. The SMILES string of the molecule is C[C@H]1C[C@@H]2[C@H]([C@@H](O)C[C@@]3(C)[C@H]2C[C@H]2O[C@@H](c4cccc(Cc5cccc(CO)c5)c4)O[C@]23C(=O)CO)[C@@]2(C)C=CC(=O)C=C12. The van der Waals surface area contributed by atoms with Crippen LogP contribution in [0.25, 0.3) is 0 Å². The molecule has 1 heterocycles. The third-order valence-corrected chi connectivity index (χ3v) is 11.9. The van der Waals surface area contributed by atoms with Crippen LogP contribution in [0.1, 0.15) is 68.6 Å². The van der Waals surface area contributed by atoms with Crippen molar-refractivity contribution in [3.05, 3.63) is 94.6 Å². The number of rotatable bonds is 6. The maximum absolute atomic E-state index is 13.9. The summed E-state index contributed by atoms with van der Waals surface area (Å²) in [6, 6.07) is 15.8. The van der Waals surface area contributed by atoms with E-state index in [0.29, 0.717) is 19.3 Å². The Morgan fingerprint density at radius 1 is 1.02 bits per heavy atom. The minimum absolute atomic E-state index is 0.00334. The minimum atomic E-state index is -1.38. The molecule has 7 nitrogen and oxygen atoms in total. The fourth-order valence-corrected chi connectivity index (χ4v) is 10.2. The first kappa shape index (κ1) is 29.8. The van der Waals surface area contributed by atoms with Crippen LogP contribution in [0.5, 0.6) is 0 Å². The Bertz CT molecular complexity index is 1560. The number of aliphatic hydroxyl groups excluding tert-OH is 3. The van der Waals surface area contributed by atoms with Crippen molar-refractivity contribution in [2.75, 3.05) is 6.61 Å². The zero-order valence-electron chi connectivity index (χ0n) is 25.6. The Hall–Kier alpha value is -2.94. The molecule has 0 aromatic heterocycles. The van der Waals surface area contributed by atoms with Crippen LogP contribution >= 0.6 is 0 Å². The van der Waals surface area contributed by atoms with Gasteiger partial charge in [0, 0.05) is 22.3 Å². The predicted octanol–water partition coefficient (Wildman–Crippen LogP) is 4.62. The molecule has 3 saturated carbocycles. The average Bonchev–Trinajstić information content (AvgIpc) is 3.51. The van der Waals surface area contributed by atoms with Gasteiger partial charge in [0.1, 0.15) is 6.61 Å². The number of hydrogen-bond donors (Lipinski definition) is 3. The zero-order chi connectivity index (χ0) is 31.0. The molecule has 7 rings (SSSR count). The number of carbonyl (C=O) groups is 2. The third-order valence-electron chi connectivity index (χ3n) is 11.9. The quantitative estimate of drug-likeness (QED) is 0.445. The number of benzene rings is 2. The van der Waals surface area contributed by atoms with Crippen molar-refractivity contribution in [2.24, 2.45) is 34.5 Å². The van der Waals surface area contributed by atoms with Crippen molar-refractivity contribution in [2.45, 2.75) is 77.2 Å². The van der Waals surface area contributed by atoms with E-state index in [1.165, 1.54) is 0 Å². The molecule has 0 amide bonds. The molecule has 1 aliphatic heterocycles. The topological polar surface area (TPSA) is 113 Å². The molecule has 10 atom stereocenters. The van der Waals surface area contributed by atoms with Gasteiger partial charge in [-0.2, -0.15) is 0 Å². The van der Waals surface area contributed by atoms with E-state index in [-0.39, 0.29) is 36.1 Å². The summed E-state index contributed by atoms with van der Waals surface area (Å²) in [5, 5.41) is 31.8. The van der Waals surface area contributed by atoms with Gasteiger partial charge in [0.05, 0.1) is 18.8 Å². The first-order valence-electron chi connectivity index (χ1n) is 15.9. The van der Waals surface area contributed by atoms with Gasteiger partial charge in [0.15, 0.2) is 23.5 Å². The van der Waals surface area contributed by atoms with Gasteiger partial charge < -0.3 is 24.8 Å². The molecule has 4 fully saturated rings. The van der Waals surface area contributed by atoms with E-state index in [1.807, 2.05) is 54.6 Å². The van der Waals surface area contributed by atoms with Gasteiger partial charge in [0.25, 0.3) is 0 Å². The number of fused-ring (bicyclic) bond motifs is 7. The molecule has 44 heavy (non-hydrogen) atoms. The molecule has 0 spiro atoms. The second kappa shape index (κ2) is 10.6. The molecule has 5 aliphatic rings. The molecule has 4 aliphatic carbocycles. The normalized spacial score (nSPS) is 40.5. The molecule has 2 aromatic carbocycles. The van der Waals surface area contributed by atoms with Crippen molar-refractivity contribution >= 4 is 11.6 Å². The van der Waals surface area contributed by atoms with E-state index in [9.17, 15) is 24.9 Å². The maximum atomic E-state index is 13.9. The van der Waals surface area contributed by atoms with E-state index in [1.54, 1.807) is 12.2 Å². The zero-order valence-corrected chi connectivity index (χ0v) is 25.6. The summed E-state index contributed by atoms with van der Waals surface area (Å²) in [7, 11) is 0. The van der Waals surface area contributed by atoms with Gasteiger partial charge in [-0.05, 0) is 72.3 Å². The lowest BCUT2D eigenvalue weighted by Crippen LogP contribution is -2.64. The number of ketones is 2. The lowest BCUT2D eigenvalue weighted by Gasteiger charge is -2.61. The first-order valence-corrected chi connectivity index (χ1v) is 15.9. The van der Waals surface area contributed by atoms with Crippen molar-refractivity contribution in [1.82, 2.24) is 0 Å². The maximum Gasteiger partial charge on any atom is 0.193 e. The number of aliphatic hydroxyl groups is 3. The van der Waals surface area contributed by atoms with Crippen molar-refractivity contribution in [3.8, 4) is 0 Å². The monoisotopic (exact) mass is 598 g/mol. The van der Waals surface area contributed by atoms with E-state index in [2.05, 4.69) is 20.8 Å². The van der Waals surface area contributed by atoms with Gasteiger partial charge in [0.2, 0.25) is 0 Å². The third kappa shape index (κ3) is 4.20. The Kier molecular flexibility index (Phi) is 7.14. The number of Topliss-reactive ketones (excluding diaryl/α,β-unsaturated/α-hetero) is 1. The summed E-state index contributed by atoms with van der Waals surface area (Å²) in [5.41, 5.74) is 2.32. The summed E-state index contributed by atoms with van der Waals surface area (Å²) in [6.07, 6.45) is 5.75. The summed E-state index contributed by atoms with van der Waals surface area (Å²) in [4.78, 5) is 26.2. The summed E-state index contributed by atoms with van der Waals surface area (Å²) in [6.45, 7) is 5.68. The highest BCUT2D eigenvalue weighted by Crippen LogP contribution is 2.71. The molecular weight excluding hydrogens is 556 g/mol. The molecule has 0 radical (unpaired) electrons. The average molecular weight is 599 g/mol. The number of allylic oxidation sites excluding steroid dienone is 4. The molecule has 0 bridgehead atoms. The van der Waals surface area contributed by atoms with Crippen molar-refractivity contribution in [1.29, 1.82) is 0 Å². The number of ether oxygens (including phenoxy) is 2. The van der Waals surface area contributed by atoms with Crippen LogP contribution in [-0.2, 0) is 32.1 Å². The van der Waals surface area contributed by atoms with Crippen LogP contribution in [0.4, 0.5) is 0 Å². The Morgan fingerprint density at radius 3 is 2.50 bits per heavy atom. The molecule has 232 valence electrons. The van der Waals surface area contributed by atoms with Gasteiger partial charge >= 0.3 is 0 Å². The smallest absolute Gasteiger partial charge is 0.193 e. The van der Waals surface area contributed by atoms with Crippen molar-refractivity contribution in [3.63, 3.8) is 0 Å². The van der Waals surface area contributed by atoms with Crippen LogP contribution in [-0.4, -0.2) is 51.3 Å². The fraction of sp³-hybridized carbons (Fsp3) is 0.514. The van der Waals surface area contributed by atoms with Crippen LogP contribution in [0.15, 0.2) is 72.3 Å². The van der Waals surface area contributed by atoms with Crippen molar-refractivity contribution < 1.29 is 34.4 Å². The van der Waals surface area contributed by atoms with Gasteiger partial charge in [-0.15, -0.1) is 0 Å². The van der Waals surface area contributed by atoms with Crippen LogP contribution in [0.3, 0.4) is 0 Å². The molecule has 7 heteroatoms. The van der Waals surface area contributed by atoms with Gasteiger partial charge in [-0.3, -0.25) is 9.59 Å². The van der Waals surface area contributed by atoms with E-state index >= 15 is 0 Å². The van der Waals surface area contributed by atoms with Crippen LogP contribution in [0.2, 0.25) is 0 Å². The van der Waals surface area contributed by atoms with E-state index < -0.39 is 47.3 Å². The van der Waals surface area contributed by atoms with Gasteiger partial charge in [-0.1, -0.05) is 81.0 Å². The first-order chi connectivity index (χ1) is 21.0. The second-order valence-electron chi connectivity index (χ2n) is 14.3. The minimum Gasteiger partial charge on any atom is -0.393 e. The van der Waals surface area contributed by atoms with E-state index in [4.69, 9.17) is 9.47 Å². The van der Waals surface area contributed by atoms with Crippen LogP contribution in [0, 0.1) is 34.5 Å². The Morgan fingerprint density at radius 2 is 1.75 bits per heavy atom. The molecule has 2 aromatic rings.